The first kappa shape index (κ1) is 14.5. The Bertz CT molecular complexity index is 686. The largest absolute Gasteiger partial charge is 0.312 e. The monoisotopic (exact) mass is 297 g/mol. The summed E-state index contributed by atoms with van der Waals surface area (Å²) in [5.41, 5.74) is 1.05. The van der Waals surface area contributed by atoms with Crippen LogP contribution in [0.3, 0.4) is 0 Å². The minimum atomic E-state index is -3.17. The van der Waals surface area contributed by atoms with Gasteiger partial charge >= 0.3 is 0 Å². The molecule has 3 nitrogen and oxygen atoms in total. The van der Waals surface area contributed by atoms with Gasteiger partial charge in [-0.3, -0.25) is 0 Å². The number of thiophene rings is 1. The fourth-order valence-corrected chi connectivity index (χ4v) is 3.95. The molecule has 1 N–H and O–H groups in total. The summed E-state index contributed by atoms with van der Waals surface area (Å²) >= 11 is 1.65. The summed E-state index contributed by atoms with van der Waals surface area (Å²) in [6.45, 7) is 3.55. The van der Waals surface area contributed by atoms with E-state index in [1.165, 1.54) is 6.26 Å². The molecule has 1 unspecified atom stereocenters. The summed E-state index contributed by atoms with van der Waals surface area (Å²) in [5.74, 6) is 0. The number of rotatable bonds is 4. The van der Waals surface area contributed by atoms with Crippen molar-refractivity contribution in [2.45, 2.75) is 24.6 Å². The Hall–Kier alpha value is -0.910. The smallest absolute Gasteiger partial charge is 0.154 e. The Morgan fingerprint density at radius 2 is 1.95 bits per heavy atom. The molecule has 1 atom stereocenters. The molecule has 19 heavy (non-hydrogen) atoms. The average Bonchev–Trinajstić information content (AvgIpc) is 2.76. The quantitative estimate of drug-likeness (QED) is 0.943. The zero-order valence-electron chi connectivity index (χ0n) is 11.6. The minimum Gasteiger partial charge on any atom is -0.312 e. The Morgan fingerprint density at radius 1 is 1.26 bits per heavy atom. The molecule has 1 aromatic carbocycles. The van der Waals surface area contributed by atoms with Gasteiger partial charge < -0.3 is 5.32 Å². The number of sulfone groups is 1. The molecule has 0 saturated carbocycles. The molecular weight excluding hydrogens is 278 g/mol. The van der Waals surface area contributed by atoms with Crippen LogP contribution in [-0.4, -0.2) is 26.5 Å². The molecule has 0 aliphatic heterocycles. The van der Waals surface area contributed by atoms with Gasteiger partial charge in [0.2, 0.25) is 0 Å². The van der Waals surface area contributed by atoms with Crippen molar-refractivity contribution in [3.05, 3.63) is 35.2 Å². The number of hydrogen-bond acceptors (Lipinski definition) is 4. The Balaban J connectivity index is 2.63. The van der Waals surface area contributed by atoms with Crippen molar-refractivity contribution in [2.75, 3.05) is 13.3 Å². The molecule has 0 amide bonds. The third-order valence-electron chi connectivity index (χ3n) is 3.76. The van der Waals surface area contributed by atoms with Crippen LogP contribution in [0.25, 0.3) is 10.1 Å². The third kappa shape index (κ3) is 2.42. The van der Waals surface area contributed by atoms with Gasteiger partial charge in [0, 0.05) is 11.0 Å². The van der Waals surface area contributed by atoms with E-state index in [2.05, 4.69) is 17.4 Å². The van der Waals surface area contributed by atoms with Gasteiger partial charge in [0.1, 0.15) is 0 Å². The van der Waals surface area contributed by atoms with Crippen molar-refractivity contribution in [1.82, 2.24) is 5.32 Å². The van der Waals surface area contributed by atoms with Gasteiger partial charge in [-0.2, -0.15) is 0 Å². The molecule has 104 valence electrons. The van der Waals surface area contributed by atoms with E-state index in [0.717, 1.165) is 15.6 Å². The van der Waals surface area contributed by atoms with Crippen LogP contribution >= 0.6 is 11.3 Å². The predicted molar refractivity (Wildman–Crippen MR) is 82.5 cm³/mol. The standard InChI is InChI=1S/C14H19NO2S2/c1-14(2,19(4,16)17)13(15-3)11-7-5-6-10-8-9-18-12(10)11/h5-9,13,15H,1-4H3. The van der Waals surface area contributed by atoms with Crippen LogP contribution in [0.15, 0.2) is 29.6 Å². The molecule has 1 heterocycles. The fraction of sp³-hybridized carbons (Fsp3) is 0.429. The lowest BCUT2D eigenvalue weighted by Gasteiger charge is -2.33. The highest BCUT2D eigenvalue weighted by Gasteiger charge is 2.39. The first-order valence-corrected chi connectivity index (χ1v) is 8.89. The summed E-state index contributed by atoms with van der Waals surface area (Å²) in [7, 11) is -1.36. The summed E-state index contributed by atoms with van der Waals surface area (Å²) in [5, 5.41) is 6.37. The van der Waals surface area contributed by atoms with E-state index in [1.807, 2.05) is 24.6 Å². The highest BCUT2D eigenvalue weighted by molar-refractivity contribution is 7.92. The lowest BCUT2D eigenvalue weighted by molar-refractivity contribution is 0.448. The van der Waals surface area contributed by atoms with E-state index in [-0.39, 0.29) is 6.04 Å². The van der Waals surface area contributed by atoms with Crippen LogP contribution < -0.4 is 5.32 Å². The van der Waals surface area contributed by atoms with Crippen LogP contribution in [0, 0.1) is 0 Å². The molecular formula is C14H19NO2S2. The van der Waals surface area contributed by atoms with Gasteiger partial charge in [0.25, 0.3) is 0 Å². The zero-order valence-corrected chi connectivity index (χ0v) is 13.2. The molecule has 0 aliphatic carbocycles. The van der Waals surface area contributed by atoms with E-state index in [1.54, 1.807) is 25.2 Å². The molecule has 0 aliphatic rings. The zero-order chi connectivity index (χ0) is 14.3. The van der Waals surface area contributed by atoms with Crippen molar-refractivity contribution in [3.8, 4) is 0 Å². The summed E-state index contributed by atoms with van der Waals surface area (Å²) in [4.78, 5) is 0. The van der Waals surface area contributed by atoms with Crippen molar-refractivity contribution in [1.29, 1.82) is 0 Å². The van der Waals surface area contributed by atoms with Gasteiger partial charge in [-0.15, -0.1) is 11.3 Å². The van der Waals surface area contributed by atoms with Gasteiger partial charge in [-0.05, 0) is 43.3 Å². The maximum atomic E-state index is 12.1. The first-order chi connectivity index (χ1) is 8.79. The maximum absolute atomic E-state index is 12.1. The molecule has 2 rings (SSSR count). The second-order valence-electron chi connectivity index (χ2n) is 5.28. The second kappa shape index (κ2) is 4.89. The Kier molecular flexibility index (Phi) is 3.73. The van der Waals surface area contributed by atoms with Crippen molar-refractivity contribution in [2.24, 2.45) is 0 Å². The normalized spacial score (nSPS) is 14.7. The molecule has 0 saturated heterocycles. The Labute approximate surface area is 118 Å². The average molecular weight is 297 g/mol. The van der Waals surface area contributed by atoms with E-state index in [9.17, 15) is 8.42 Å². The van der Waals surface area contributed by atoms with Crippen LogP contribution in [-0.2, 0) is 9.84 Å². The molecule has 0 bridgehead atoms. The van der Waals surface area contributed by atoms with Gasteiger partial charge in [-0.25, -0.2) is 8.42 Å². The SMILES string of the molecule is CNC(c1cccc2ccsc12)C(C)(C)S(C)(=O)=O. The second-order valence-corrected chi connectivity index (χ2v) is 8.80. The highest BCUT2D eigenvalue weighted by atomic mass is 32.2. The number of nitrogens with one attached hydrogen (secondary N) is 1. The molecule has 2 aromatic rings. The van der Waals surface area contributed by atoms with Crippen molar-refractivity contribution in [3.63, 3.8) is 0 Å². The highest BCUT2D eigenvalue weighted by Crippen LogP contribution is 2.37. The van der Waals surface area contributed by atoms with Crippen LogP contribution in [0.2, 0.25) is 0 Å². The first-order valence-electron chi connectivity index (χ1n) is 6.12. The van der Waals surface area contributed by atoms with E-state index >= 15 is 0 Å². The third-order valence-corrected chi connectivity index (χ3v) is 6.89. The molecule has 5 heteroatoms. The summed E-state index contributed by atoms with van der Waals surface area (Å²) < 4.78 is 24.4. The molecule has 0 spiro atoms. The van der Waals surface area contributed by atoms with E-state index in [0.29, 0.717) is 0 Å². The van der Waals surface area contributed by atoms with Gasteiger partial charge in [0.15, 0.2) is 9.84 Å². The number of hydrogen-bond donors (Lipinski definition) is 1. The number of benzene rings is 1. The van der Waals surface area contributed by atoms with Gasteiger partial charge in [0.05, 0.1) is 10.8 Å². The maximum Gasteiger partial charge on any atom is 0.154 e. The molecule has 0 fully saturated rings. The minimum absolute atomic E-state index is 0.232. The summed E-state index contributed by atoms with van der Waals surface area (Å²) in [6, 6.07) is 7.86. The number of fused-ring (bicyclic) bond motifs is 1. The Morgan fingerprint density at radius 3 is 2.53 bits per heavy atom. The lowest BCUT2D eigenvalue weighted by atomic mass is 9.94. The molecule has 0 radical (unpaired) electrons. The van der Waals surface area contributed by atoms with Crippen LogP contribution in [0.5, 0.6) is 0 Å². The fourth-order valence-electron chi connectivity index (χ4n) is 2.34. The van der Waals surface area contributed by atoms with Crippen molar-refractivity contribution < 1.29 is 8.42 Å². The van der Waals surface area contributed by atoms with E-state index in [4.69, 9.17) is 0 Å². The molecule has 1 aromatic heterocycles. The van der Waals surface area contributed by atoms with Crippen molar-refractivity contribution >= 4 is 31.3 Å². The predicted octanol–water partition coefficient (Wildman–Crippen LogP) is 2.99. The summed E-state index contributed by atoms with van der Waals surface area (Å²) in [6.07, 6.45) is 1.30. The van der Waals surface area contributed by atoms with Gasteiger partial charge in [-0.1, -0.05) is 18.2 Å². The lowest BCUT2D eigenvalue weighted by Crippen LogP contribution is -2.43. The van der Waals surface area contributed by atoms with Crippen LogP contribution in [0.4, 0.5) is 0 Å². The van der Waals surface area contributed by atoms with E-state index < -0.39 is 14.6 Å². The van der Waals surface area contributed by atoms with Crippen LogP contribution in [0.1, 0.15) is 25.5 Å². The topological polar surface area (TPSA) is 46.2 Å².